The van der Waals surface area contributed by atoms with E-state index in [4.69, 9.17) is 0 Å². The van der Waals surface area contributed by atoms with Crippen LogP contribution in [-0.4, -0.2) is 46.4 Å². The summed E-state index contributed by atoms with van der Waals surface area (Å²) >= 11 is 0. The Balaban J connectivity index is 1.40. The summed E-state index contributed by atoms with van der Waals surface area (Å²) in [6.45, 7) is 0.811. The number of rotatable bonds is 4. The van der Waals surface area contributed by atoms with E-state index in [9.17, 15) is 14.0 Å². The number of anilines is 2. The van der Waals surface area contributed by atoms with Crippen molar-refractivity contribution in [2.45, 2.75) is 0 Å². The molecule has 27 heavy (non-hydrogen) atoms. The minimum atomic E-state index is -0.360. The molecule has 2 heterocycles. The van der Waals surface area contributed by atoms with Gasteiger partial charge in [-0.1, -0.05) is 0 Å². The lowest BCUT2D eigenvalue weighted by Gasteiger charge is -2.18. The van der Waals surface area contributed by atoms with E-state index >= 15 is 0 Å². The monoisotopic (exact) mass is 365 g/mol. The molecule has 0 spiro atoms. The molecular weight excluding hydrogens is 349 g/mol. The van der Waals surface area contributed by atoms with Crippen molar-refractivity contribution in [2.75, 3.05) is 29.9 Å². The van der Waals surface area contributed by atoms with E-state index in [0.29, 0.717) is 30.0 Å². The molecule has 0 aliphatic carbocycles. The van der Waals surface area contributed by atoms with Crippen molar-refractivity contribution in [1.82, 2.24) is 14.9 Å². The van der Waals surface area contributed by atoms with Crippen LogP contribution in [0.3, 0.4) is 0 Å². The molecule has 8 heteroatoms. The van der Waals surface area contributed by atoms with E-state index < -0.39 is 0 Å². The molecule has 1 fully saturated rings. The Kier molecular flexibility index (Phi) is 4.37. The van der Waals surface area contributed by atoms with Gasteiger partial charge in [0, 0.05) is 36.9 Å². The Morgan fingerprint density at radius 3 is 2.56 bits per heavy atom. The number of benzene rings is 2. The van der Waals surface area contributed by atoms with E-state index in [2.05, 4.69) is 15.3 Å². The van der Waals surface area contributed by atoms with Crippen LogP contribution in [0.25, 0.3) is 11.0 Å². The van der Waals surface area contributed by atoms with E-state index in [1.165, 1.54) is 21.9 Å². The van der Waals surface area contributed by atoms with Crippen LogP contribution < -0.4 is 10.2 Å². The third-order valence-corrected chi connectivity index (χ3v) is 4.32. The Morgan fingerprint density at radius 1 is 1.04 bits per heavy atom. The van der Waals surface area contributed by atoms with Gasteiger partial charge in [-0.15, -0.1) is 0 Å². The van der Waals surface area contributed by atoms with Crippen LogP contribution >= 0.6 is 0 Å². The molecule has 0 saturated carbocycles. The Hall–Kier alpha value is -3.55. The lowest BCUT2D eigenvalue weighted by Crippen LogP contribution is -2.37. The number of nitrogens with one attached hydrogen (secondary N) is 1. The number of fused-ring (bicyclic) bond motifs is 1. The topological polar surface area (TPSA) is 78.4 Å². The standard InChI is InChI=1S/C19H16FN5O2/c20-13-1-4-15(5-2-13)25-10-9-24(19(25)27)12-18(26)23-14-3-6-16-17(11-14)22-8-7-21-16/h1-8,11H,9-10,12H2,(H,23,26). The maximum atomic E-state index is 13.0. The molecule has 3 aromatic rings. The number of amides is 3. The summed E-state index contributed by atoms with van der Waals surface area (Å²) in [6, 6.07) is 10.7. The van der Waals surface area contributed by atoms with Crippen molar-refractivity contribution < 1.29 is 14.0 Å². The van der Waals surface area contributed by atoms with Crippen LogP contribution in [0.1, 0.15) is 0 Å². The zero-order valence-electron chi connectivity index (χ0n) is 14.3. The SMILES string of the molecule is O=C(CN1CCN(c2ccc(F)cc2)C1=O)Nc1ccc2nccnc2c1. The molecular formula is C19H16FN5O2. The van der Waals surface area contributed by atoms with Crippen LogP contribution in [0, 0.1) is 5.82 Å². The molecule has 1 saturated heterocycles. The lowest BCUT2D eigenvalue weighted by molar-refractivity contribution is -0.116. The predicted molar refractivity (Wildman–Crippen MR) is 98.9 cm³/mol. The minimum absolute atomic E-state index is 0.0605. The van der Waals surface area contributed by atoms with Crippen LogP contribution in [0.5, 0.6) is 0 Å². The largest absolute Gasteiger partial charge is 0.325 e. The second-order valence-electron chi connectivity index (χ2n) is 6.14. The Morgan fingerprint density at radius 2 is 1.78 bits per heavy atom. The highest BCUT2D eigenvalue weighted by Crippen LogP contribution is 2.21. The molecule has 4 rings (SSSR count). The number of carbonyl (C=O) groups excluding carboxylic acids is 2. The molecule has 1 aromatic heterocycles. The predicted octanol–water partition coefficient (Wildman–Crippen LogP) is 2.65. The minimum Gasteiger partial charge on any atom is -0.324 e. The summed E-state index contributed by atoms with van der Waals surface area (Å²) < 4.78 is 13.0. The quantitative estimate of drug-likeness (QED) is 0.771. The van der Waals surface area contributed by atoms with E-state index in [0.717, 1.165) is 5.52 Å². The molecule has 0 radical (unpaired) electrons. The Bertz CT molecular complexity index is 1010. The van der Waals surface area contributed by atoms with E-state index in [1.54, 1.807) is 42.7 Å². The summed E-state index contributed by atoms with van der Waals surface area (Å²) in [5.74, 6) is -0.658. The van der Waals surface area contributed by atoms with Gasteiger partial charge in [0.25, 0.3) is 0 Å². The van der Waals surface area contributed by atoms with Crippen molar-refractivity contribution in [3.8, 4) is 0 Å². The van der Waals surface area contributed by atoms with Gasteiger partial charge < -0.3 is 10.2 Å². The highest BCUT2D eigenvalue weighted by atomic mass is 19.1. The average Bonchev–Trinajstić information content (AvgIpc) is 3.02. The van der Waals surface area contributed by atoms with Crippen molar-refractivity contribution in [3.63, 3.8) is 0 Å². The van der Waals surface area contributed by atoms with Crippen molar-refractivity contribution in [2.24, 2.45) is 0 Å². The molecule has 136 valence electrons. The molecule has 1 aliphatic heterocycles. The molecule has 0 atom stereocenters. The smallest absolute Gasteiger partial charge is 0.324 e. The van der Waals surface area contributed by atoms with Gasteiger partial charge in [-0.3, -0.25) is 19.7 Å². The zero-order chi connectivity index (χ0) is 18.8. The zero-order valence-corrected chi connectivity index (χ0v) is 14.3. The van der Waals surface area contributed by atoms with Crippen LogP contribution in [0.15, 0.2) is 54.9 Å². The highest BCUT2D eigenvalue weighted by Gasteiger charge is 2.30. The van der Waals surface area contributed by atoms with Gasteiger partial charge in [0.05, 0.1) is 11.0 Å². The third-order valence-electron chi connectivity index (χ3n) is 4.32. The van der Waals surface area contributed by atoms with Gasteiger partial charge in [0.15, 0.2) is 0 Å². The number of hydrogen-bond donors (Lipinski definition) is 1. The molecule has 0 bridgehead atoms. The van der Waals surface area contributed by atoms with Crippen molar-refractivity contribution in [3.05, 3.63) is 60.7 Å². The summed E-state index contributed by atoms with van der Waals surface area (Å²) in [6.07, 6.45) is 3.19. The molecule has 0 unspecified atom stereocenters. The highest BCUT2D eigenvalue weighted by molar-refractivity contribution is 5.99. The molecule has 1 aliphatic rings. The first-order valence-electron chi connectivity index (χ1n) is 8.43. The summed E-state index contributed by atoms with van der Waals surface area (Å²) in [5.41, 5.74) is 2.61. The number of hydrogen-bond acceptors (Lipinski definition) is 4. The summed E-state index contributed by atoms with van der Waals surface area (Å²) in [7, 11) is 0. The molecule has 7 nitrogen and oxygen atoms in total. The van der Waals surface area contributed by atoms with Gasteiger partial charge in [-0.05, 0) is 42.5 Å². The number of urea groups is 1. The fourth-order valence-electron chi connectivity index (χ4n) is 3.00. The molecule has 3 amide bonds. The van der Waals surface area contributed by atoms with Crippen LogP contribution in [0.4, 0.5) is 20.6 Å². The average molecular weight is 365 g/mol. The Labute approximate surface area is 154 Å². The first-order chi connectivity index (χ1) is 13.1. The van der Waals surface area contributed by atoms with Crippen molar-refractivity contribution >= 4 is 34.3 Å². The lowest BCUT2D eigenvalue weighted by atomic mass is 10.2. The fraction of sp³-hybridized carbons (Fsp3) is 0.158. The third kappa shape index (κ3) is 3.55. The van der Waals surface area contributed by atoms with E-state index in [-0.39, 0.29) is 24.3 Å². The number of halogens is 1. The second kappa shape index (κ2) is 6.99. The van der Waals surface area contributed by atoms with Gasteiger partial charge in [0.1, 0.15) is 12.4 Å². The number of aromatic nitrogens is 2. The van der Waals surface area contributed by atoms with E-state index in [1.807, 2.05) is 0 Å². The van der Waals surface area contributed by atoms with Gasteiger partial charge in [-0.25, -0.2) is 9.18 Å². The maximum absolute atomic E-state index is 13.0. The normalized spacial score (nSPS) is 14.0. The van der Waals surface area contributed by atoms with Crippen LogP contribution in [-0.2, 0) is 4.79 Å². The fourth-order valence-corrected chi connectivity index (χ4v) is 3.00. The van der Waals surface area contributed by atoms with Gasteiger partial charge >= 0.3 is 6.03 Å². The van der Waals surface area contributed by atoms with Gasteiger partial charge in [-0.2, -0.15) is 0 Å². The first kappa shape index (κ1) is 16.9. The summed E-state index contributed by atoms with van der Waals surface area (Å²) in [5, 5.41) is 2.77. The molecule has 2 aromatic carbocycles. The second-order valence-corrected chi connectivity index (χ2v) is 6.14. The van der Waals surface area contributed by atoms with Crippen LogP contribution in [0.2, 0.25) is 0 Å². The number of nitrogens with zero attached hydrogens (tertiary/aromatic N) is 4. The number of carbonyl (C=O) groups is 2. The summed E-state index contributed by atoms with van der Waals surface area (Å²) in [4.78, 5) is 36.2. The van der Waals surface area contributed by atoms with Crippen molar-refractivity contribution in [1.29, 1.82) is 0 Å². The van der Waals surface area contributed by atoms with Gasteiger partial charge in [0.2, 0.25) is 5.91 Å². The molecule has 1 N–H and O–H groups in total. The first-order valence-corrected chi connectivity index (χ1v) is 8.43. The maximum Gasteiger partial charge on any atom is 0.325 e.